The third-order valence-electron chi connectivity index (χ3n) is 6.01. The molecule has 0 radical (unpaired) electrons. The third-order valence-corrected chi connectivity index (χ3v) is 6.01. The Morgan fingerprint density at radius 1 is 1.21 bits per heavy atom. The van der Waals surface area contributed by atoms with Gasteiger partial charge in [-0.2, -0.15) is 0 Å². The fourth-order valence-electron chi connectivity index (χ4n) is 4.33. The summed E-state index contributed by atoms with van der Waals surface area (Å²) in [7, 11) is 1.78. The van der Waals surface area contributed by atoms with Crippen molar-refractivity contribution in [2.75, 3.05) is 26.2 Å². The van der Waals surface area contributed by atoms with Gasteiger partial charge in [-0.1, -0.05) is 42.5 Å². The van der Waals surface area contributed by atoms with Crippen molar-refractivity contribution in [2.45, 2.75) is 6.42 Å². The maximum atomic E-state index is 13.9. The molecule has 1 fully saturated rings. The predicted molar refractivity (Wildman–Crippen MR) is 125 cm³/mol. The van der Waals surface area contributed by atoms with Crippen LogP contribution in [0.4, 0.5) is 4.39 Å². The van der Waals surface area contributed by atoms with Gasteiger partial charge < -0.3 is 14.4 Å². The second-order valence-corrected chi connectivity index (χ2v) is 8.25. The highest BCUT2D eigenvalue weighted by Gasteiger charge is 2.33. The van der Waals surface area contributed by atoms with Crippen LogP contribution in [0, 0.1) is 11.7 Å². The summed E-state index contributed by atoms with van der Waals surface area (Å²) >= 11 is 0. The highest BCUT2D eigenvalue weighted by atomic mass is 19.1. The lowest BCUT2D eigenvalue weighted by atomic mass is 9.91. The molecule has 1 aliphatic rings. The van der Waals surface area contributed by atoms with Gasteiger partial charge in [0, 0.05) is 45.6 Å². The third kappa shape index (κ3) is 4.87. The molecule has 0 aliphatic carbocycles. The molecule has 6 nitrogen and oxygen atoms in total. The largest absolute Gasteiger partial charge is 0.337 e. The van der Waals surface area contributed by atoms with E-state index in [9.17, 15) is 14.0 Å². The molecule has 1 saturated heterocycles. The van der Waals surface area contributed by atoms with Gasteiger partial charge in [0.1, 0.15) is 5.82 Å². The summed E-state index contributed by atoms with van der Waals surface area (Å²) in [6.45, 7) is 5.34. The highest BCUT2D eigenvalue weighted by molar-refractivity contribution is 5.92. The van der Waals surface area contributed by atoms with E-state index in [1.54, 1.807) is 46.0 Å². The number of carbonyl (C=O) groups excluding carboxylic acids is 2. The second kappa shape index (κ2) is 9.81. The molecule has 1 atom stereocenters. The van der Waals surface area contributed by atoms with Gasteiger partial charge >= 0.3 is 0 Å². The molecule has 33 heavy (non-hydrogen) atoms. The molecule has 2 heterocycles. The fourth-order valence-corrected chi connectivity index (χ4v) is 4.33. The van der Waals surface area contributed by atoms with E-state index in [-0.39, 0.29) is 24.2 Å². The molecular weight excluding hydrogens is 419 g/mol. The molecule has 1 aliphatic heterocycles. The zero-order valence-electron chi connectivity index (χ0n) is 18.7. The van der Waals surface area contributed by atoms with E-state index in [4.69, 9.17) is 0 Å². The van der Waals surface area contributed by atoms with Crippen LogP contribution < -0.4 is 0 Å². The molecule has 0 spiro atoms. The molecule has 2 amide bonds. The Balaban J connectivity index is 1.66. The van der Waals surface area contributed by atoms with E-state index in [0.29, 0.717) is 31.9 Å². The standard InChI is InChI=1S/C26H27FN4O2/c1-3-12-30-14-15-31(26(33)24-28-11-13-29(24)2)18-21(25(30)32)16-19-7-4-5-10-23(19)20-8-6-9-22(27)17-20/h3-11,13,17,21H,1,12,14-16,18H2,2H3/t21-/m0/s1. The van der Waals surface area contributed by atoms with E-state index >= 15 is 0 Å². The zero-order chi connectivity index (χ0) is 23.4. The first kappa shape index (κ1) is 22.5. The van der Waals surface area contributed by atoms with Crippen molar-refractivity contribution in [2.24, 2.45) is 13.0 Å². The smallest absolute Gasteiger partial charge is 0.289 e. The topological polar surface area (TPSA) is 58.4 Å². The van der Waals surface area contributed by atoms with Gasteiger partial charge in [-0.3, -0.25) is 9.59 Å². The minimum atomic E-state index is -0.439. The van der Waals surface area contributed by atoms with Crippen molar-refractivity contribution in [3.8, 4) is 11.1 Å². The number of nitrogens with zero attached hydrogens (tertiary/aromatic N) is 4. The van der Waals surface area contributed by atoms with Crippen LogP contribution in [0.3, 0.4) is 0 Å². The Kier molecular flexibility index (Phi) is 6.68. The number of rotatable bonds is 6. The molecule has 0 N–H and O–H groups in total. The van der Waals surface area contributed by atoms with Gasteiger partial charge in [-0.05, 0) is 35.2 Å². The monoisotopic (exact) mass is 446 g/mol. The quantitative estimate of drug-likeness (QED) is 0.544. The number of hydrogen-bond acceptors (Lipinski definition) is 3. The van der Waals surface area contributed by atoms with Crippen molar-refractivity contribution in [3.63, 3.8) is 0 Å². The van der Waals surface area contributed by atoms with Crippen LogP contribution in [0.25, 0.3) is 11.1 Å². The van der Waals surface area contributed by atoms with Crippen molar-refractivity contribution >= 4 is 11.8 Å². The SMILES string of the molecule is C=CCN1CCN(C(=O)c2nccn2C)C[C@H](Cc2ccccc2-c2cccc(F)c2)C1=O. The Morgan fingerprint density at radius 2 is 2.03 bits per heavy atom. The van der Waals surface area contributed by atoms with Gasteiger partial charge in [0.2, 0.25) is 5.91 Å². The van der Waals surface area contributed by atoms with E-state index in [1.165, 1.54) is 12.1 Å². The molecule has 1 aromatic heterocycles. The van der Waals surface area contributed by atoms with Crippen LogP contribution in [0.1, 0.15) is 16.2 Å². The molecular formula is C26H27FN4O2. The van der Waals surface area contributed by atoms with Gasteiger partial charge in [0.15, 0.2) is 5.82 Å². The second-order valence-electron chi connectivity index (χ2n) is 8.25. The first-order valence-corrected chi connectivity index (χ1v) is 11.0. The van der Waals surface area contributed by atoms with Crippen LogP contribution in [0.2, 0.25) is 0 Å². The Labute approximate surface area is 193 Å². The van der Waals surface area contributed by atoms with Crippen molar-refractivity contribution in [3.05, 3.63) is 90.8 Å². The van der Waals surface area contributed by atoms with Gasteiger partial charge in [0.05, 0.1) is 5.92 Å². The molecule has 0 bridgehead atoms. The minimum absolute atomic E-state index is 0.0147. The van der Waals surface area contributed by atoms with Crippen LogP contribution in [-0.2, 0) is 18.3 Å². The lowest BCUT2D eigenvalue weighted by Gasteiger charge is -2.24. The normalized spacial score (nSPS) is 16.5. The van der Waals surface area contributed by atoms with Crippen LogP contribution >= 0.6 is 0 Å². The van der Waals surface area contributed by atoms with Gasteiger partial charge in [0.25, 0.3) is 5.91 Å². The predicted octanol–water partition coefficient (Wildman–Crippen LogP) is 3.56. The number of amides is 2. The average Bonchev–Trinajstić information content (AvgIpc) is 3.18. The summed E-state index contributed by atoms with van der Waals surface area (Å²) in [4.78, 5) is 34.2. The maximum Gasteiger partial charge on any atom is 0.289 e. The van der Waals surface area contributed by atoms with Crippen molar-refractivity contribution < 1.29 is 14.0 Å². The number of benzene rings is 2. The zero-order valence-corrected chi connectivity index (χ0v) is 18.7. The molecule has 0 unspecified atom stereocenters. The van der Waals surface area contributed by atoms with Gasteiger partial charge in [-0.25, -0.2) is 9.37 Å². The highest BCUT2D eigenvalue weighted by Crippen LogP contribution is 2.28. The van der Waals surface area contributed by atoms with E-state index < -0.39 is 5.92 Å². The van der Waals surface area contributed by atoms with E-state index in [0.717, 1.165) is 16.7 Å². The summed E-state index contributed by atoms with van der Waals surface area (Å²) in [5, 5.41) is 0. The lowest BCUT2D eigenvalue weighted by Crippen LogP contribution is -2.38. The molecule has 3 aromatic rings. The van der Waals surface area contributed by atoms with Crippen LogP contribution in [-0.4, -0.2) is 57.3 Å². The first-order chi connectivity index (χ1) is 16.0. The molecule has 4 rings (SSSR count). The Hall–Kier alpha value is -3.74. The molecule has 7 heteroatoms. The number of carbonyl (C=O) groups is 2. The van der Waals surface area contributed by atoms with Crippen LogP contribution in [0.5, 0.6) is 0 Å². The van der Waals surface area contributed by atoms with Crippen molar-refractivity contribution in [1.82, 2.24) is 19.4 Å². The number of hydrogen-bond donors (Lipinski definition) is 0. The summed E-state index contributed by atoms with van der Waals surface area (Å²) < 4.78 is 15.6. The Bertz CT molecular complexity index is 1170. The average molecular weight is 447 g/mol. The minimum Gasteiger partial charge on any atom is -0.337 e. The first-order valence-electron chi connectivity index (χ1n) is 11.0. The maximum absolute atomic E-state index is 13.9. The number of aromatic nitrogens is 2. The summed E-state index contributed by atoms with van der Waals surface area (Å²) in [6.07, 6.45) is 5.45. The summed E-state index contributed by atoms with van der Waals surface area (Å²) in [6, 6.07) is 14.2. The number of imidazole rings is 1. The Morgan fingerprint density at radius 3 is 2.76 bits per heavy atom. The molecule has 2 aromatic carbocycles. The number of aryl methyl sites for hydroxylation is 1. The summed E-state index contributed by atoms with van der Waals surface area (Å²) in [5.41, 5.74) is 2.58. The fraction of sp³-hybridized carbons (Fsp3) is 0.269. The van der Waals surface area contributed by atoms with Gasteiger partial charge in [-0.15, -0.1) is 6.58 Å². The van der Waals surface area contributed by atoms with Crippen LogP contribution in [0.15, 0.2) is 73.6 Å². The molecule has 0 saturated carbocycles. The van der Waals surface area contributed by atoms with Crippen molar-refractivity contribution in [1.29, 1.82) is 0 Å². The summed E-state index contributed by atoms with van der Waals surface area (Å²) in [5.74, 6) is -0.611. The lowest BCUT2D eigenvalue weighted by molar-refractivity contribution is -0.134. The molecule has 170 valence electrons. The van der Waals surface area contributed by atoms with E-state index in [1.807, 2.05) is 30.3 Å². The van der Waals surface area contributed by atoms with E-state index in [2.05, 4.69) is 11.6 Å². The number of halogens is 1.